The molecule has 0 saturated carbocycles. The largest absolute Gasteiger partial charge is 0.508 e. The van der Waals surface area contributed by atoms with Crippen molar-refractivity contribution >= 4 is 18.5 Å². The van der Waals surface area contributed by atoms with Gasteiger partial charge in [0.2, 0.25) is 0 Å². The van der Waals surface area contributed by atoms with Gasteiger partial charge in [-0.2, -0.15) is 0 Å². The molecule has 0 N–H and O–H groups in total. The van der Waals surface area contributed by atoms with Gasteiger partial charge in [-0.25, -0.2) is 14.4 Å². The lowest BCUT2D eigenvalue weighted by molar-refractivity contribution is -0.135. The van der Waals surface area contributed by atoms with E-state index in [0.717, 1.165) is 11.1 Å². The Hall–Kier alpha value is -3.75. The predicted molar refractivity (Wildman–Crippen MR) is 126 cm³/mol. The van der Waals surface area contributed by atoms with Crippen LogP contribution in [-0.2, 0) is 41.3 Å². The molecule has 2 aromatic rings. The fourth-order valence-corrected chi connectivity index (χ4v) is 4.21. The number of ether oxygens (including phenoxy) is 6. The average Bonchev–Trinajstić information content (AvgIpc) is 2.88. The van der Waals surface area contributed by atoms with Crippen molar-refractivity contribution in [3.63, 3.8) is 0 Å². The van der Waals surface area contributed by atoms with Gasteiger partial charge in [-0.1, -0.05) is 60.7 Å². The van der Waals surface area contributed by atoms with E-state index in [9.17, 15) is 14.4 Å². The van der Waals surface area contributed by atoms with Gasteiger partial charge in [-0.15, -0.1) is 0 Å². The van der Waals surface area contributed by atoms with Crippen molar-refractivity contribution in [1.82, 2.24) is 0 Å². The summed E-state index contributed by atoms with van der Waals surface area (Å²) in [5.74, 6) is 0. The van der Waals surface area contributed by atoms with Crippen molar-refractivity contribution in [3.05, 3.63) is 71.8 Å². The topological polar surface area (TPSA) is 107 Å². The van der Waals surface area contributed by atoms with Crippen molar-refractivity contribution in [2.24, 2.45) is 10.8 Å². The highest BCUT2D eigenvalue weighted by molar-refractivity contribution is 5.62. The third kappa shape index (κ3) is 6.27. The van der Waals surface area contributed by atoms with Gasteiger partial charge in [0, 0.05) is 12.8 Å². The fourth-order valence-electron chi connectivity index (χ4n) is 4.21. The molecule has 4 unspecified atom stereocenters. The third-order valence-corrected chi connectivity index (χ3v) is 6.64. The number of cyclic esters (lactones) is 4. The van der Waals surface area contributed by atoms with Crippen molar-refractivity contribution in [3.8, 4) is 0 Å². The van der Waals surface area contributed by atoms with Gasteiger partial charge in [-0.05, 0) is 25.0 Å². The summed E-state index contributed by atoms with van der Waals surface area (Å²) in [5, 5.41) is 0. The van der Waals surface area contributed by atoms with Crippen LogP contribution in [0.25, 0.3) is 0 Å². The van der Waals surface area contributed by atoms with Crippen LogP contribution in [0.15, 0.2) is 60.7 Å². The summed E-state index contributed by atoms with van der Waals surface area (Å²) >= 11 is 0. The smallest absolute Gasteiger partial charge is 0.433 e. The van der Waals surface area contributed by atoms with E-state index < -0.39 is 41.5 Å². The first kappa shape index (κ1) is 25.3. The second-order valence-electron chi connectivity index (χ2n) is 9.81. The van der Waals surface area contributed by atoms with Crippen molar-refractivity contribution in [2.45, 2.75) is 38.9 Å². The maximum atomic E-state index is 12.5. The first-order valence-corrected chi connectivity index (χ1v) is 11.8. The van der Waals surface area contributed by atoms with Crippen molar-refractivity contribution in [1.29, 1.82) is 0 Å². The monoisotopic (exact) mass is 498 g/mol. The highest BCUT2D eigenvalue weighted by Crippen LogP contribution is 2.34. The summed E-state index contributed by atoms with van der Waals surface area (Å²) in [5.41, 5.74) is 0.420. The minimum atomic E-state index is -0.886. The zero-order chi connectivity index (χ0) is 25.6. The van der Waals surface area contributed by atoms with Gasteiger partial charge in [0.1, 0.15) is 38.6 Å². The van der Waals surface area contributed by atoms with E-state index in [-0.39, 0.29) is 26.4 Å². The van der Waals surface area contributed by atoms with Crippen LogP contribution in [0, 0.1) is 10.8 Å². The van der Waals surface area contributed by atoms with Crippen LogP contribution in [0.5, 0.6) is 0 Å². The number of carbonyl (C=O) groups is 3. The number of hydrogen-bond donors (Lipinski definition) is 0. The summed E-state index contributed by atoms with van der Waals surface area (Å²) in [4.78, 5) is 36.1. The maximum absolute atomic E-state index is 12.5. The van der Waals surface area contributed by atoms with Crippen LogP contribution in [0.3, 0.4) is 0 Å². The molecule has 2 saturated heterocycles. The Labute approximate surface area is 209 Å². The quantitative estimate of drug-likeness (QED) is 0.378. The molecule has 0 amide bonds. The Morgan fingerprint density at radius 1 is 0.750 bits per heavy atom. The molecule has 2 heterocycles. The molecule has 192 valence electrons. The number of hydrogen-bond acceptors (Lipinski definition) is 9. The van der Waals surface area contributed by atoms with Crippen LogP contribution < -0.4 is 0 Å². The lowest BCUT2D eigenvalue weighted by Crippen LogP contribution is -2.50. The Balaban J connectivity index is 1.34. The van der Waals surface area contributed by atoms with E-state index in [1.165, 1.54) is 0 Å². The lowest BCUT2D eigenvalue weighted by atomic mass is 9.82. The predicted octanol–water partition coefficient (Wildman–Crippen LogP) is 4.71. The highest BCUT2D eigenvalue weighted by atomic mass is 16.8. The molecule has 4 atom stereocenters. The SMILES string of the molecule is CC1(COC(=O)OCC2(C)COC(=O)OC2Cc2ccccc2)COC(=O)OC1Cc1ccccc1. The molecule has 4 rings (SSSR count). The van der Waals surface area contributed by atoms with E-state index in [2.05, 4.69) is 0 Å². The second-order valence-corrected chi connectivity index (χ2v) is 9.81. The summed E-state index contributed by atoms with van der Waals surface area (Å²) < 4.78 is 31.9. The molecule has 0 radical (unpaired) electrons. The third-order valence-electron chi connectivity index (χ3n) is 6.64. The zero-order valence-electron chi connectivity index (χ0n) is 20.3. The van der Waals surface area contributed by atoms with Crippen LogP contribution in [0.1, 0.15) is 25.0 Å². The second kappa shape index (κ2) is 10.9. The first-order chi connectivity index (χ1) is 17.3. The molecule has 2 aliphatic heterocycles. The average molecular weight is 499 g/mol. The first-order valence-electron chi connectivity index (χ1n) is 11.8. The van der Waals surface area contributed by atoms with Crippen LogP contribution in [-0.4, -0.2) is 57.1 Å². The molecule has 0 aliphatic carbocycles. The molecule has 2 fully saturated rings. The van der Waals surface area contributed by atoms with Gasteiger partial charge in [0.15, 0.2) is 0 Å². The van der Waals surface area contributed by atoms with Crippen LogP contribution >= 0.6 is 0 Å². The molecule has 9 nitrogen and oxygen atoms in total. The molecule has 0 aromatic heterocycles. The fraction of sp³-hybridized carbons (Fsp3) is 0.444. The van der Waals surface area contributed by atoms with Crippen molar-refractivity contribution < 1.29 is 42.8 Å². The van der Waals surface area contributed by atoms with Crippen LogP contribution in [0.4, 0.5) is 14.4 Å². The molecule has 2 aromatic carbocycles. The summed E-state index contributed by atoms with van der Waals surface area (Å²) in [6.07, 6.45) is -2.58. The number of carbonyl (C=O) groups excluding carboxylic acids is 3. The normalized spacial score (nSPS) is 27.6. The summed E-state index contributed by atoms with van der Waals surface area (Å²) in [6, 6.07) is 19.2. The molecule has 36 heavy (non-hydrogen) atoms. The standard InChI is InChI=1S/C27H30O9/c1-26(17-33-24(29)35-21(26)13-19-9-5-3-6-10-19)15-31-23(28)32-16-27(2)18-34-25(30)36-22(27)14-20-11-7-4-8-12-20/h3-12,21-22H,13-18H2,1-2H3. The Kier molecular flexibility index (Phi) is 7.67. The van der Waals surface area contributed by atoms with Crippen LogP contribution in [0.2, 0.25) is 0 Å². The zero-order valence-corrected chi connectivity index (χ0v) is 20.3. The summed E-state index contributed by atoms with van der Waals surface area (Å²) in [6.45, 7) is 3.57. The lowest BCUT2D eigenvalue weighted by Gasteiger charge is -2.40. The maximum Gasteiger partial charge on any atom is 0.508 e. The van der Waals surface area contributed by atoms with E-state index >= 15 is 0 Å². The minimum Gasteiger partial charge on any atom is -0.433 e. The van der Waals surface area contributed by atoms with E-state index in [1.54, 1.807) is 0 Å². The molecular weight excluding hydrogens is 468 g/mol. The number of benzene rings is 2. The molecule has 9 heteroatoms. The Morgan fingerprint density at radius 2 is 1.14 bits per heavy atom. The van der Waals surface area contributed by atoms with E-state index in [4.69, 9.17) is 28.4 Å². The Bertz CT molecular complexity index is 974. The van der Waals surface area contributed by atoms with E-state index in [1.807, 2.05) is 74.5 Å². The molecule has 0 bridgehead atoms. The van der Waals surface area contributed by atoms with Gasteiger partial charge >= 0.3 is 18.5 Å². The van der Waals surface area contributed by atoms with Gasteiger partial charge in [0.25, 0.3) is 0 Å². The minimum absolute atomic E-state index is 0.0390. The molecule has 2 aliphatic rings. The summed E-state index contributed by atoms with van der Waals surface area (Å²) in [7, 11) is 0. The Morgan fingerprint density at radius 3 is 1.53 bits per heavy atom. The van der Waals surface area contributed by atoms with E-state index in [0.29, 0.717) is 12.8 Å². The highest BCUT2D eigenvalue weighted by Gasteiger charge is 2.46. The van der Waals surface area contributed by atoms with Gasteiger partial charge < -0.3 is 28.4 Å². The van der Waals surface area contributed by atoms with Gasteiger partial charge in [-0.3, -0.25) is 0 Å². The molecular formula is C27H30O9. The van der Waals surface area contributed by atoms with Gasteiger partial charge in [0.05, 0.1) is 10.8 Å². The number of rotatable bonds is 8. The van der Waals surface area contributed by atoms with Crippen molar-refractivity contribution in [2.75, 3.05) is 26.4 Å². The molecule has 0 spiro atoms.